The van der Waals surface area contributed by atoms with E-state index in [4.69, 9.17) is 15.8 Å². The lowest BCUT2D eigenvalue weighted by Crippen LogP contribution is -2.34. The molecular formula is C27H31N5O4. The molecule has 4 amide bonds. The number of nitrogens with two attached hydrogens (primary N) is 1. The van der Waals surface area contributed by atoms with Gasteiger partial charge in [0.15, 0.2) is 0 Å². The van der Waals surface area contributed by atoms with Crippen LogP contribution in [0.4, 0.5) is 9.59 Å². The van der Waals surface area contributed by atoms with Crippen LogP contribution in [0.5, 0.6) is 0 Å². The van der Waals surface area contributed by atoms with E-state index in [1.165, 1.54) is 0 Å². The minimum atomic E-state index is -0.984. The number of carbonyl (C=O) groups is 3. The Balaban J connectivity index is 1.47. The van der Waals surface area contributed by atoms with E-state index in [1.54, 1.807) is 0 Å². The van der Waals surface area contributed by atoms with Crippen molar-refractivity contribution in [1.29, 1.82) is 0 Å². The minimum absolute atomic E-state index is 0.143. The van der Waals surface area contributed by atoms with Crippen molar-refractivity contribution in [1.82, 2.24) is 20.9 Å². The van der Waals surface area contributed by atoms with Crippen LogP contribution >= 0.6 is 0 Å². The molecule has 1 aliphatic rings. The van der Waals surface area contributed by atoms with Crippen LogP contribution in [-0.4, -0.2) is 41.2 Å². The summed E-state index contributed by atoms with van der Waals surface area (Å²) in [6.07, 6.45) is 2.83. The summed E-state index contributed by atoms with van der Waals surface area (Å²) in [5.41, 5.74) is 8.87. The molecule has 188 valence electrons. The molecule has 3 aromatic rings. The molecule has 0 bridgehead atoms. The number of amides is 4. The molecule has 0 saturated heterocycles. The number of benzene rings is 2. The van der Waals surface area contributed by atoms with E-state index in [9.17, 15) is 14.4 Å². The highest BCUT2D eigenvalue weighted by Crippen LogP contribution is 2.29. The number of rotatable bonds is 8. The molecule has 0 radical (unpaired) electrons. The number of carbonyl (C=O) groups excluding carboxylic acids is 2. The maximum Gasteiger partial charge on any atom is 0.404 e. The molecular weight excluding hydrogens is 458 g/mol. The molecule has 4 rings (SSSR count). The molecule has 2 aromatic carbocycles. The Morgan fingerprint density at radius 3 is 2.28 bits per heavy atom. The van der Waals surface area contributed by atoms with Crippen molar-refractivity contribution in [2.75, 3.05) is 13.1 Å². The van der Waals surface area contributed by atoms with Crippen molar-refractivity contribution in [3.05, 3.63) is 65.7 Å². The zero-order chi connectivity index (χ0) is 25.5. The largest absolute Gasteiger partial charge is 0.465 e. The molecule has 9 nitrogen and oxygen atoms in total. The topological polar surface area (TPSA) is 146 Å². The Labute approximate surface area is 209 Å². The van der Waals surface area contributed by atoms with Gasteiger partial charge in [-0.1, -0.05) is 36.4 Å². The number of carboxylic acid groups (broad SMARTS) is 1. The number of pyridine rings is 1. The Morgan fingerprint density at radius 2 is 1.58 bits per heavy atom. The minimum Gasteiger partial charge on any atom is -0.465 e. The molecule has 1 saturated carbocycles. The standard InChI is InChI=1S/C27H31N5O4/c28-26(34)30-16-19-4-3-5-20(12-19)24-13-22(21-6-1-2-7-23(21)32-24)25(33)29-14-17-8-10-18(11-9-17)15-31-27(35)36/h1-7,12-13,17-18,31H,8-11,14-16H2,(H,29,33)(H,35,36)(H3,28,30,34)/t17-,18-. The molecule has 0 spiro atoms. The molecule has 0 unspecified atom stereocenters. The van der Waals surface area contributed by atoms with Crippen LogP contribution in [0, 0.1) is 11.8 Å². The zero-order valence-corrected chi connectivity index (χ0v) is 20.0. The Kier molecular flexibility index (Phi) is 7.99. The van der Waals surface area contributed by atoms with E-state index in [0.29, 0.717) is 42.7 Å². The van der Waals surface area contributed by atoms with Gasteiger partial charge < -0.3 is 26.8 Å². The third-order valence-corrected chi connectivity index (χ3v) is 6.71. The van der Waals surface area contributed by atoms with Crippen molar-refractivity contribution < 1.29 is 19.5 Å². The van der Waals surface area contributed by atoms with Gasteiger partial charge in [0.05, 0.1) is 16.8 Å². The van der Waals surface area contributed by atoms with E-state index in [-0.39, 0.29) is 5.91 Å². The molecule has 9 heteroatoms. The van der Waals surface area contributed by atoms with Crippen LogP contribution in [0.1, 0.15) is 41.6 Å². The second-order valence-electron chi connectivity index (χ2n) is 9.27. The zero-order valence-electron chi connectivity index (χ0n) is 20.0. The first-order chi connectivity index (χ1) is 17.4. The summed E-state index contributed by atoms with van der Waals surface area (Å²) in [5.74, 6) is 0.585. The molecule has 0 atom stereocenters. The average molecular weight is 490 g/mol. The maximum absolute atomic E-state index is 13.3. The monoisotopic (exact) mass is 489 g/mol. The highest BCUT2D eigenvalue weighted by molar-refractivity contribution is 6.07. The van der Waals surface area contributed by atoms with Crippen molar-refractivity contribution >= 4 is 28.9 Å². The van der Waals surface area contributed by atoms with E-state index in [1.807, 2.05) is 54.6 Å². The van der Waals surface area contributed by atoms with Gasteiger partial charge in [0.1, 0.15) is 0 Å². The number of aromatic nitrogens is 1. The van der Waals surface area contributed by atoms with Crippen LogP contribution in [0.15, 0.2) is 54.6 Å². The van der Waals surface area contributed by atoms with Crippen molar-refractivity contribution in [2.24, 2.45) is 17.6 Å². The van der Waals surface area contributed by atoms with Gasteiger partial charge >= 0.3 is 12.1 Å². The van der Waals surface area contributed by atoms with E-state index in [0.717, 1.165) is 47.7 Å². The number of nitrogens with one attached hydrogen (secondary N) is 3. The highest BCUT2D eigenvalue weighted by atomic mass is 16.4. The number of para-hydroxylation sites is 1. The van der Waals surface area contributed by atoms with Gasteiger partial charge in [-0.2, -0.15) is 0 Å². The summed E-state index contributed by atoms with van der Waals surface area (Å²) in [5, 5.41) is 17.7. The summed E-state index contributed by atoms with van der Waals surface area (Å²) >= 11 is 0. The second kappa shape index (κ2) is 11.5. The summed E-state index contributed by atoms with van der Waals surface area (Å²) in [6, 6.07) is 16.4. The maximum atomic E-state index is 13.3. The van der Waals surface area contributed by atoms with Crippen molar-refractivity contribution in [2.45, 2.75) is 32.2 Å². The fourth-order valence-corrected chi connectivity index (χ4v) is 4.74. The van der Waals surface area contributed by atoms with Crippen LogP contribution in [0.3, 0.4) is 0 Å². The molecule has 6 N–H and O–H groups in total. The van der Waals surface area contributed by atoms with Crippen molar-refractivity contribution in [3.63, 3.8) is 0 Å². The number of fused-ring (bicyclic) bond motifs is 1. The first-order valence-corrected chi connectivity index (χ1v) is 12.2. The van der Waals surface area contributed by atoms with E-state index in [2.05, 4.69) is 16.0 Å². The smallest absolute Gasteiger partial charge is 0.404 e. The van der Waals surface area contributed by atoms with Crippen molar-refractivity contribution in [3.8, 4) is 11.3 Å². The van der Waals surface area contributed by atoms with Crippen LogP contribution in [0.2, 0.25) is 0 Å². The highest BCUT2D eigenvalue weighted by Gasteiger charge is 2.23. The third-order valence-electron chi connectivity index (χ3n) is 6.71. The summed E-state index contributed by atoms with van der Waals surface area (Å²) in [6.45, 7) is 1.37. The quantitative estimate of drug-likeness (QED) is 0.326. The fraction of sp³-hybridized carbons (Fsp3) is 0.333. The van der Waals surface area contributed by atoms with Gasteiger partial charge in [0.25, 0.3) is 5.91 Å². The predicted octanol–water partition coefficient (Wildman–Crippen LogP) is 3.87. The summed E-state index contributed by atoms with van der Waals surface area (Å²) in [7, 11) is 0. The van der Waals surface area contributed by atoms with Gasteiger partial charge in [-0.25, -0.2) is 14.6 Å². The number of nitrogens with zero attached hydrogens (tertiary/aromatic N) is 1. The number of hydrogen-bond donors (Lipinski definition) is 5. The van der Waals surface area contributed by atoms with E-state index >= 15 is 0 Å². The molecule has 1 fully saturated rings. The van der Waals surface area contributed by atoms with Crippen LogP contribution in [0.25, 0.3) is 22.2 Å². The molecule has 36 heavy (non-hydrogen) atoms. The van der Waals surface area contributed by atoms with Gasteiger partial charge in [-0.15, -0.1) is 0 Å². The predicted molar refractivity (Wildman–Crippen MR) is 137 cm³/mol. The Hall–Kier alpha value is -4.14. The molecule has 1 heterocycles. The first kappa shape index (κ1) is 25.0. The normalized spacial score (nSPS) is 17.3. The Bertz CT molecular complexity index is 1250. The van der Waals surface area contributed by atoms with Crippen LogP contribution < -0.4 is 21.7 Å². The summed E-state index contributed by atoms with van der Waals surface area (Å²) < 4.78 is 0. The van der Waals surface area contributed by atoms with Crippen LogP contribution in [-0.2, 0) is 6.54 Å². The third kappa shape index (κ3) is 6.50. The second-order valence-corrected chi connectivity index (χ2v) is 9.27. The average Bonchev–Trinajstić information content (AvgIpc) is 2.89. The lowest BCUT2D eigenvalue weighted by atomic mass is 9.82. The number of primary amides is 1. The van der Waals surface area contributed by atoms with Gasteiger partial charge in [-0.3, -0.25) is 4.79 Å². The number of urea groups is 1. The fourth-order valence-electron chi connectivity index (χ4n) is 4.74. The number of hydrogen-bond acceptors (Lipinski definition) is 4. The Morgan fingerprint density at radius 1 is 0.889 bits per heavy atom. The molecule has 1 aromatic heterocycles. The summed E-state index contributed by atoms with van der Waals surface area (Å²) in [4.78, 5) is 39.9. The first-order valence-electron chi connectivity index (χ1n) is 12.2. The SMILES string of the molecule is NC(=O)NCc1cccc(-c2cc(C(=O)NC[C@H]3CC[C@H](CNC(=O)O)CC3)c3ccccc3n2)c1. The molecule has 1 aliphatic carbocycles. The van der Waals surface area contributed by atoms with Gasteiger partial charge in [-0.05, 0) is 61.3 Å². The van der Waals surface area contributed by atoms with E-state index < -0.39 is 12.1 Å². The van der Waals surface area contributed by atoms with Gasteiger partial charge in [0, 0.05) is 30.6 Å². The lowest BCUT2D eigenvalue weighted by molar-refractivity contribution is 0.0942. The molecule has 0 aliphatic heterocycles. The van der Waals surface area contributed by atoms with Gasteiger partial charge in [0.2, 0.25) is 0 Å². The lowest BCUT2D eigenvalue weighted by Gasteiger charge is -2.28.